The van der Waals surface area contributed by atoms with E-state index in [2.05, 4.69) is 46.7 Å². The lowest BCUT2D eigenvalue weighted by Gasteiger charge is -2.29. The molecule has 1 unspecified atom stereocenters. The van der Waals surface area contributed by atoms with Crippen LogP contribution in [0.3, 0.4) is 0 Å². The molecule has 104 valence electrons. The summed E-state index contributed by atoms with van der Waals surface area (Å²) in [5, 5.41) is 6.26. The van der Waals surface area contributed by atoms with Gasteiger partial charge in [-0.3, -0.25) is 4.79 Å². The average molecular weight is 261 g/mol. The Bertz CT molecular complexity index is 416. The Kier molecular flexibility index (Phi) is 4.93. The Balaban J connectivity index is 1.73. The van der Waals surface area contributed by atoms with Gasteiger partial charge in [0.1, 0.15) is 0 Å². The maximum absolute atomic E-state index is 12.0. The number of nitrogens with one attached hydrogen (secondary N) is 2. The Hall–Kier alpha value is -1.39. The standard InChI is InChI=1S/C15H23N3O/c1-12-3-5-13(6-4-12)7-8-17-15(19)14-11-18(2)10-9-16-14/h3-6,14,16H,7-11H2,1-2H3,(H,17,19). The van der Waals surface area contributed by atoms with Crippen LogP contribution in [0.4, 0.5) is 0 Å². The molecule has 4 heteroatoms. The largest absolute Gasteiger partial charge is 0.354 e. The molecule has 0 spiro atoms. The van der Waals surface area contributed by atoms with Gasteiger partial charge in [-0.1, -0.05) is 29.8 Å². The fraction of sp³-hybridized carbons (Fsp3) is 0.533. The van der Waals surface area contributed by atoms with Crippen molar-refractivity contribution in [1.29, 1.82) is 0 Å². The van der Waals surface area contributed by atoms with Gasteiger partial charge in [-0.15, -0.1) is 0 Å². The molecule has 1 fully saturated rings. The molecule has 0 bridgehead atoms. The highest BCUT2D eigenvalue weighted by molar-refractivity contribution is 5.82. The summed E-state index contributed by atoms with van der Waals surface area (Å²) in [6.45, 7) is 5.46. The number of carbonyl (C=O) groups excluding carboxylic acids is 1. The number of aryl methyl sites for hydroxylation is 1. The van der Waals surface area contributed by atoms with Crippen LogP contribution in [0.15, 0.2) is 24.3 Å². The fourth-order valence-electron chi connectivity index (χ4n) is 2.28. The number of benzene rings is 1. The SMILES string of the molecule is Cc1ccc(CCNC(=O)C2CN(C)CCN2)cc1. The van der Waals surface area contributed by atoms with Gasteiger partial charge in [0.25, 0.3) is 0 Å². The molecule has 1 saturated heterocycles. The Morgan fingerprint density at radius 3 is 2.84 bits per heavy atom. The van der Waals surface area contributed by atoms with E-state index < -0.39 is 0 Å². The number of piperazine rings is 1. The van der Waals surface area contributed by atoms with E-state index in [4.69, 9.17) is 0 Å². The quantitative estimate of drug-likeness (QED) is 0.832. The number of amides is 1. The minimum Gasteiger partial charge on any atom is -0.354 e. The molecule has 0 aliphatic carbocycles. The summed E-state index contributed by atoms with van der Waals surface area (Å²) in [5.74, 6) is 0.110. The topological polar surface area (TPSA) is 44.4 Å². The summed E-state index contributed by atoms with van der Waals surface area (Å²) >= 11 is 0. The maximum Gasteiger partial charge on any atom is 0.238 e. The predicted octanol–water partition coefficient (Wildman–Crippen LogP) is 0.557. The van der Waals surface area contributed by atoms with Gasteiger partial charge in [-0.2, -0.15) is 0 Å². The fourth-order valence-corrected chi connectivity index (χ4v) is 2.28. The summed E-state index contributed by atoms with van der Waals surface area (Å²) in [7, 11) is 2.05. The van der Waals surface area contributed by atoms with Crippen LogP contribution in [0.25, 0.3) is 0 Å². The lowest BCUT2D eigenvalue weighted by atomic mass is 10.1. The van der Waals surface area contributed by atoms with E-state index in [1.54, 1.807) is 0 Å². The van der Waals surface area contributed by atoms with E-state index in [0.29, 0.717) is 6.54 Å². The molecule has 1 heterocycles. The number of rotatable bonds is 4. The number of hydrogen-bond acceptors (Lipinski definition) is 3. The van der Waals surface area contributed by atoms with Crippen LogP contribution in [-0.4, -0.2) is 50.1 Å². The molecule has 1 atom stereocenters. The molecule has 1 aliphatic rings. The Morgan fingerprint density at radius 2 is 2.16 bits per heavy atom. The summed E-state index contributed by atoms with van der Waals surface area (Å²) in [4.78, 5) is 14.2. The second-order valence-electron chi connectivity index (χ2n) is 5.30. The van der Waals surface area contributed by atoms with E-state index in [9.17, 15) is 4.79 Å². The lowest BCUT2D eigenvalue weighted by Crippen LogP contribution is -2.56. The summed E-state index contributed by atoms with van der Waals surface area (Å²) in [6.07, 6.45) is 0.884. The van der Waals surface area contributed by atoms with Gasteiger partial charge in [-0.25, -0.2) is 0 Å². The van der Waals surface area contributed by atoms with Crippen molar-refractivity contribution in [2.45, 2.75) is 19.4 Å². The van der Waals surface area contributed by atoms with Crippen LogP contribution in [-0.2, 0) is 11.2 Å². The van der Waals surface area contributed by atoms with Crippen molar-refractivity contribution in [1.82, 2.24) is 15.5 Å². The van der Waals surface area contributed by atoms with Crippen LogP contribution >= 0.6 is 0 Å². The average Bonchev–Trinajstić information content (AvgIpc) is 2.41. The molecule has 1 aliphatic heterocycles. The Morgan fingerprint density at radius 1 is 1.42 bits per heavy atom. The first-order valence-electron chi connectivity index (χ1n) is 6.90. The number of nitrogens with zero attached hydrogens (tertiary/aromatic N) is 1. The molecule has 1 aromatic rings. The van der Waals surface area contributed by atoms with Crippen molar-refractivity contribution in [2.24, 2.45) is 0 Å². The molecule has 0 saturated carbocycles. The second-order valence-corrected chi connectivity index (χ2v) is 5.30. The van der Waals surface area contributed by atoms with Gasteiger partial charge in [0.15, 0.2) is 0 Å². The third-order valence-electron chi connectivity index (χ3n) is 3.53. The van der Waals surface area contributed by atoms with E-state index in [-0.39, 0.29) is 11.9 Å². The van der Waals surface area contributed by atoms with E-state index in [0.717, 1.165) is 26.1 Å². The van der Waals surface area contributed by atoms with Gasteiger partial charge >= 0.3 is 0 Å². The molecule has 1 amide bonds. The highest BCUT2D eigenvalue weighted by Crippen LogP contribution is 2.03. The van der Waals surface area contributed by atoms with Crippen molar-refractivity contribution in [3.63, 3.8) is 0 Å². The molecule has 2 N–H and O–H groups in total. The molecular formula is C15H23N3O. The minimum atomic E-state index is -0.0724. The van der Waals surface area contributed by atoms with Gasteiger partial charge in [0.2, 0.25) is 5.91 Å². The zero-order valence-electron chi connectivity index (χ0n) is 11.8. The van der Waals surface area contributed by atoms with E-state index in [1.807, 2.05) is 7.05 Å². The van der Waals surface area contributed by atoms with Gasteiger partial charge in [0.05, 0.1) is 6.04 Å². The van der Waals surface area contributed by atoms with E-state index >= 15 is 0 Å². The first-order chi connectivity index (χ1) is 9.15. The molecule has 0 radical (unpaired) electrons. The van der Waals surface area contributed by atoms with E-state index in [1.165, 1.54) is 11.1 Å². The first kappa shape index (κ1) is 14.0. The van der Waals surface area contributed by atoms with Gasteiger partial charge in [-0.05, 0) is 26.0 Å². The van der Waals surface area contributed by atoms with Crippen LogP contribution < -0.4 is 10.6 Å². The molecule has 19 heavy (non-hydrogen) atoms. The van der Waals surface area contributed by atoms with Gasteiger partial charge in [0, 0.05) is 26.2 Å². The smallest absolute Gasteiger partial charge is 0.238 e. The van der Waals surface area contributed by atoms with Crippen molar-refractivity contribution in [3.8, 4) is 0 Å². The summed E-state index contributed by atoms with van der Waals surface area (Å²) in [6, 6.07) is 8.38. The lowest BCUT2D eigenvalue weighted by molar-refractivity contribution is -0.124. The zero-order valence-corrected chi connectivity index (χ0v) is 11.8. The molecule has 0 aromatic heterocycles. The molecular weight excluding hydrogens is 238 g/mol. The van der Waals surface area contributed by atoms with Crippen LogP contribution in [0.1, 0.15) is 11.1 Å². The van der Waals surface area contributed by atoms with Crippen LogP contribution in [0.5, 0.6) is 0 Å². The monoisotopic (exact) mass is 261 g/mol. The predicted molar refractivity (Wildman–Crippen MR) is 77.2 cm³/mol. The number of carbonyl (C=O) groups is 1. The highest BCUT2D eigenvalue weighted by Gasteiger charge is 2.22. The van der Waals surface area contributed by atoms with Gasteiger partial charge < -0.3 is 15.5 Å². The molecule has 2 rings (SSSR count). The Labute approximate surface area is 115 Å². The molecule has 1 aromatic carbocycles. The number of likely N-dealkylation sites (N-methyl/N-ethyl adjacent to an activating group) is 1. The molecule has 4 nitrogen and oxygen atoms in total. The first-order valence-corrected chi connectivity index (χ1v) is 6.90. The van der Waals surface area contributed by atoms with Crippen molar-refractivity contribution >= 4 is 5.91 Å². The normalized spacial score (nSPS) is 20.2. The maximum atomic E-state index is 12.0. The summed E-state index contributed by atoms with van der Waals surface area (Å²) in [5.41, 5.74) is 2.53. The summed E-state index contributed by atoms with van der Waals surface area (Å²) < 4.78 is 0. The third-order valence-corrected chi connectivity index (χ3v) is 3.53. The van der Waals surface area contributed by atoms with Crippen LogP contribution in [0, 0.1) is 6.92 Å². The minimum absolute atomic E-state index is 0.0724. The van der Waals surface area contributed by atoms with Crippen molar-refractivity contribution < 1.29 is 4.79 Å². The number of hydrogen-bond donors (Lipinski definition) is 2. The third kappa shape index (κ3) is 4.33. The van der Waals surface area contributed by atoms with Crippen molar-refractivity contribution in [2.75, 3.05) is 33.2 Å². The zero-order chi connectivity index (χ0) is 13.7. The second kappa shape index (κ2) is 6.68. The van der Waals surface area contributed by atoms with Crippen LogP contribution in [0.2, 0.25) is 0 Å². The highest BCUT2D eigenvalue weighted by atomic mass is 16.2. The van der Waals surface area contributed by atoms with Crippen molar-refractivity contribution in [3.05, 3.63) is 35.4 Å².